The first kappa shape index (κ1) is 19.2. The number of carbonyl (C=O) groups is 2. The number of thioether (sulfide) groups is 1. The number of aliphatic carboxylic acids is 1. The zero-order valence-corrected chi connectivity index (χ0v) is 15.4. The van der Waals surface area contributed by atoms with Gasteiger partial charge in [-0.25, -0.2) is 0 Å². The van der Waals surface area contributed by atoms with Crippen molar-refractivity contribution in [1.29, 1.82) is 0 Å². The number of rotatable bonds is 7. The molecule has 7 nitrogen and oxygen atoms in total. The van der Waals surface area contributed by atoms with Crippen molar-refractivity contribution in [3.8, 4) is 17.2 Å². The van der Waals surface area contributed by atoms with Crippen LogP contribution in [-0.4, -0.2) is 67.3 Å². The summed E-state index contributed by atoms with van der Waals surface area (Å²) in [5.74, 6) is 1.92. The van der Waals surface area contributed by atoms with Gasteiger partial charge >= 0.3 is 5.97 Å². The predicted octanol–water partition coefficient (Wildman–Crippen LogP) is 1.67. The van der Waals surface area contributed by atoms with Crippen molar-refractivity contribution in [1.82, 2.24) is 4.90 Å². The smallest absolute Gasteiger partial charge is 0.305 e. The minimum atomic E-state index is -0.891. The summed E-state index contributed by atoms with van der Waals surface area (Å²) in [5, 5.41) is 9.06. The first-order valence-corrected chi connectivity index (χ1v) is 9.03. The summed E-state index contributed by atoms with van der Waals surface area (Å²) >= 11 is 1.68. The number of carboxylic acids is 1. The lowest BCUT2D eigenvalue weighted by molar-refractivity contribution is -0.140. The van der Waals surface area contributed by atoms with Crippen LogP contribution in [0, 0.1) is 0 Å². The molecule has 0 aliphatic carbocycles. The molecule has 25 heavy (non-hydrogen) atoms. The summed E-state index contributed by atoms with van der Waals surface area (Å²) < 4.78 is 15.9. The third kappa shape index (κ3) is 4.72. The summed E-state index contributed by atoms with van der Waals surface area (Å²) in [7, 11) is 4.56. The molecule has 1 aliphatic heterocycles. The normalized spacial score (nSPS) is 17.1. The highest BCUT2D eigenvalue weighted by Crippen LogP contribution is 2.38. The Bertz CT molecular complexity index is 611. The van der Waals surface area contributed by atoms with Crippen molar-refractivity contribution in [2.24, 2.45) is 0 Å². The molecule has 0 aromatic heterocycles. The third-order valence-corrected chi connectivity index (χ3v) is 5.13. The maximum Gasteiger partial charge on any atom is 0.305 e. The number of nitrogens with zero attached hydrogens (tertiary/aromatic N) is 1. The van der Waals surface area contributed by atoms with Crippen molar-refractivity contribution < 1.29 is 28.9 Å². The number of hydrogen-bond acceptors (Lipinski definition) is 6. The Morgan fingerprint density at radius 2 is 1.84 bits per heavy atom. The van der Waals surface area contributed by atoms with Gasteiger partial charge in [0.25, 0.3) is 0 Å². The van der Waals surface area contributed by atoms with Gasteiger partial charge in [0, 0.05) is 18.1 Å². The molecule has 0 spiro atoms. The zero-order chi connectivity index (χ0) is 18.4. The molecule has 2 rings (SSSR count). The van der Waals surface area contributed by atoms with Crippen LogP contribution < -0.4 is 14.2 Å². The van der Waals surface area contributed by atoms with Crippen LogP contribution in [0.25, 0.3) is 0 Å². The van der Waals surface area contributed by atoms with E-state index in [2.05, 4.69) is 0 Å². The number of carboxylic acid groups (broad SMARTS) is 1. The molecule has 1 saturated heterocycles. The van der Waals surface area contributed by atoms with Crippen molar-refractivity contribution >= 4 is 23.6 Å². The molecular weight excluding hydrogens is 346 g/mol. The summed E-state index contributed by atoms with van der Waals surface area (Å²) in [5.41, 5.74) is 0.729. The van der Waals surface area contributed by atoms with E-state index in [9.17, 15) is 9.59 Å². The Hall–Kier alpha value is -2.09. The van der Waals surface area contributed by atoms with Gasteiger partial charge in [0.15, 0.2) is 11.5 Å². The first-order chi connectivity index (χ1) is 12.0. The van der Waals surface area contributed by atoms with Gasteiger partial charge < -0.3 is 24.2 Å². The molecule has 8 heteroatoms. The number of carbonyl (C=O) groups excluding carboxylic acids is 1. The highest BCUT2D eigenvalue weighted by Gasteiger charge is 2.29. The summed E-state index contributed by atoms with van der Waals surface area (Å²) in [6, 6.07) is 3.21. The number of amides is 1. The highest BCUT2D eigenvalue weighted by atomic mass is 32.2. The third-order valence-electron chi connectivity index (χ3n) is 4.04. The Morgan fingerprint density at radius 1 is 1.20 bits per heavy atom. The molecule has 1 atom stereocenters. The fourth-order valence-corrected chi connectivity index (χ4v) is 3.93. The maximum atomic E-state index is 12.7. The second-order valence-corrected chi connectivity index (χ2v) is 6.77. The largest absolute Gasteiger partial charge is 0.493 e. The van der Waals surface area contributed by atoms with Crippen molar-refractivity contribution in [2.45, 2.75) is 18.9 Å². The van der Waals surface area contributed by atoms with Crippen LogP contribution in [0.15, 0.2) is 12.1 Å². The molecule has 1 fully saturated rings. The van der Waals surface area contributed by atoms with E-state index >= 15 is 0 Å². The number of hydrogen-bond donors (Lipinski definition) is 1. The average molecular weight is 369 g/mol. The Kier molecular flexibility index (Phi) is 6.81. The van der Waals surface area contributed by atoms with E-state index in [-0.39, 0.29) is 24.8 Å². The monoisotopic (exact) mass is 369 g/mol. The highest BCUT2D eigenvalue weighted by molar-refractivity contribution is 7.99. The molecule has 1 aliphatic rings. The Balaban J connectivity index is 2.19. The van der Waals surface area contributed by atoms with E-state index in [1.165, 1.54) is 21.3 Å². The molecule has 1 unspecified atom stereocenters. The lowest BCUT2D eigenvalue weighted by Gasteiger charge is -2.34. The van der Waals surface area contributed by atoms with E-state index in [0.29, 0.717) is 29.5 Å². The van der Waals surface area contributed by atoms with Gasteiger partial charge in [0.1, 0.15) is 0 Å². The van der Waals surface area contributed by atoms with Gasteiger partial charge in [-0.2, -0.15) is 11.8 Å². The van der Waals surface area contributed by atoms with Crippen molar-refractivity contribution in [2.75, 3.05) is 39.4 Å². The molecule has 0 radical (unpaired) electrons. The number of ether oxygens (including phenoxy) is 3. The van der Waals surface area contributed by atoms with Gasteiger partial charge in [-0.15, -0.1) is 0 Å². The van der Waals surface area contributed by atoms with Crippen LogP contribution in [0.2, 0.25) is 0 Å². The van der Waals surface area contributed by atoms with E-state index in [1.54, 1.807) is 28.8 Å². The quantitative estimate of drug-likeness (QED) is 0.782. The molecule has 138 valence electrons. The van der Waals surface area contributed by atoms with Gasteiger partial charge in [0.05, 0.1) is 40.2 Å². The van der Waals surface area contributed by atoms with E-state index in [0.717, 1.165) is 11.3 Å². The fourth-order valence-electron chi connectivity index (χ4n) is 2.87. The van der Waals surface area contributed by atoms with Gasteiger partial charge in [0.2, 0.25) is 11.7 Å². The van der Waals surface area contributed by atoms with Crippen LogP contribution >= 0.6 is 11.8 Å². The minimum absolute atomic E-state index is 0.0337. The van der Waals surface area contributed by atoms with Crippen LogP contribution in [0.4, 0.5) is 0 Å². The molecule has 1 heterocycles. The van der Waals surface area contributed by atoms with Gasteiger partial charge in [-0.3, -0.25) is 9.59 Å². The summed E-state index contributed by atoms with van der Waals surface area (Å²) in [6.45, 7) is 0.561. The standard InChI is InChI=1S/C17H23NO6S/c1-22-13-6-11(7-14(23-2)17(13)24-3)8-15(19)18-4-5-25-10-12(18)9-16(20)21/h6-7,12H,4-5,8-10H2,1-3H3,(H,20,21). The zero-order valence-electron chi connectivity index (χ0n) is 14.6. The van der Waals surface area contributed by atoms with Crippen LogP contribution in [0.5, 0.6) is 17.2 Å². The Labute approximate surface area is 151 Å². The van der Waals surface area contributed by atoms with Crippen molar-refractivity contribution in [3.63, 3.8) is 0 Å². The number of methoxy groups -OCH3 is 3. The van der Waals surface area contributed by atoms with E-state index in [1.807, 2.05) is 0 Å². The van der Waals surface area contributed by atoms with Crippen LogP contribution in [-0.2, 0) is 16.0 Å². The van der Waals surface area contributed by atoms with Crippen LogP contribution in [0.1, 0.15) is 12.0 Å². The lowest BCUT2D eigenvalue weighted by atomic mass is 10.1. The SMILES string of the molecule is COc1cc(CC(=O)N2CCSCC2CC(=O)O)cc(OC)c1OC. The second kappa shape index (κ2) is 8.84. The van der Waals surface area contributed by atoms with E-state index < -0.39 is 5.97 Å². The molecule has 1 aromatic carbocycles. The van der Waals surface area contributed by atoms with Crippen molar-refractivity contribution in [3.05, 3.63) is 17.7 Å². The fraction of sp³-hybridized carbons (Fsp3) is 0.529. The van der Waals surface area contributed by atoms with Crippen LogP contribution in [0.3, 0.4) is 0 Å². The molecule has 1 aromatic rings. The number of benzene rings is 1. The second-order valence-electron chi connectivity index (χ2n) is 5.62. The summed E-state index contributed by atoms with van der Waals surface area (Å²) in [4.78, 5) is 25.4. The minimum Gasteiger partial charge on any atom is -0.493 e. The maximum absolute atomic E-state index is 12.7. The molecular formula is C17H23NO6S. The first-order valence-electron chi connectivity index (χ1n) is 7.88. The molecule has 0 saturated carbocycles. The topological polar surface area (TPSA) is 85.3 Å². The molecule has 1 amide bonds. The summed E-state index contributed by atoms with van der Waals surface area (Å²) in [6.07, 6.45) is 0.117. The lowest BCUT2D eigenvalue weighted by Crippen LogP contribution is -2.47. The van der Waals surface area contributed by atoms with Gasteiger partial charge in [-0.05, 0) is 17.7 Å². The predicted molar refractivity (Wildman–Crippen MR) is 94.9 cm³/mol. The average Bonchev–Trinajstić information content (AvgIpc) is 2.60. The molecule has 0 bridgehead atoms. The Morgan fingerprint density at radius 3 is 2.36 bits per heavy atom. The molecule has 1 N–H and O–H groups in total. The van der Waals surface area contributed by atoms with Gasteiger partial charge in [-0.1, -0.05) is 0 Å². The van der Waals surface area contributed by atoms with E-state index in [4.69, 9.17) is 19.3 Å².